The highest BCUT2D eigenvalue weighted by Crippen LogP contribution is 2.24. The van der Waals surface area contributed by atoms with E-state index in [1.807, 2.05) is 19.9 Å². The molecule has 0 saturated carbocycles. The van der Waals surface area contributed by atoms with Crippen molar-refractivity contribution in [1.82, 2.24) is 4.90 Å². The Bertz CT molecular complexity index is 577. The molecule has 120 valence electrons. The highest BCUT2D eigenvalue weighted by atomic mass is 35.5. The van der Waals surface area contributed by atoms with Gasteiger partial charge >= 0.3 is 0 Å². The SMILES string of the molecule is COC[C@H](C)N1C[C@H](C(=O)Nc2cc(Cl)ccc2C)CC1=O. The molecule has 0 spiro atoms. The van der Waals surface area contributed by atoms with Gasteiger partial charge < -0.3 is 15.0 Å². The molecule has 2 atom stereocenters. The summed E-state index contributed by atoms with van der Waals surface area (Å²) in [7, 11) is 1.60. The summed E-state index contributed by atoms with van der Waals surface area (Å²) in [6.45, 7) is 4.71. The van der Waals surface area contributed by atoms with Crippen LogP contribution in [0.15, 0.2) is 18.2 Å². The molecule has 0 aliphatic carbocycles. The van der Waals surface area contributed by atoms with E-state index in [9.17, 15) is 9.59 Å². The molecule has 1 saturated heterocycles. The molecular formula is C16H21ClN2O3. The van der Waals surface area contributed by atoms with Crippen LogP contribution in [0.4, 0.5) is 5.69 Å². The zero-order valence-electron chi connectivity index (χ0n) is 13.1. The minimum atomic E-state index is -0.342. The van der Waals surface area contributed by atoms with E-state index < -0.39 is 0 Å². The predicted octanol–water partition coefficient (Wildman–Crippen LogP) is 2.47. The van der Waals surface area contributed by atoms with Crippen LogP contribution in [0.2, 0.25) is 5.02 Å². The van der Waals surface area contributed by atoms with Crippen molar-refractivity contribution in [3.8, 4) is 0 Å². The second-order valence-corrected chi connectivity index (χ2v) is 6.14. The first-order chi connectivity index (χ1) is 10.4. The number of nitrogens with zero attached hydrogens (tertiary/aromatic N) is 1. The molecule has 1 aromatic carbocycles. The monoisotopic (exact) mass is 324 g/mol. The fraction of sp³-hybridized carbons (Fsp3) is 0.500. The topological polar surface area (TPSA) is 58.6 Å². The first kappa shape index (κ1) is 16.8. The Labute approximate surface area is 135 Å². The van der Waals surface area contributed by atoms with Gasteiger partial charge in [-0.05, 0) is 31.5 Å². The molecule has 6 heteroatoms. The lowest BCUT2D eigenvalue weighted by molar-refractivity contribution is -0.130. The molecule has 0 bridgehead atoms. The average molecular weight is 325 g/mol. The summed E-state index contributed by atoms with van der Waals surface area (Å²) in [6.07, 6.45) is 0.236. The molecule has 2 amide bonds. The lowest BCUT2D eigenvalue weighted by atomic mass is 10.1. The lowest BCUT2D eigenvalue weighted by Crippen LogP contribution is -2.38. The third-order valence-electron chi connectivity index (χ3n) is 3.93. The molecular weight excluding hydrogens is 304 g/mol. The van der Waals surface area contributed by atoms with Crippen LogP contribution in [-0.2, 0) is 14.3 Å². The van der Waals surface area contributed by atoms with Crippen LogP contribution < -0.4 is 5.32 Å². The van der Waals surface area contributed by atoms with Crippen molar-refractivity contribution in [2.45, 2.75) is 26.3 Å². The van der Waals surface area contributed by atoms with Crippen LogP contribution in [0, 0.1) is 12.8 Å². The number of amides is 2. The molecule has 0 unspecified atom stereocenters. The molecule has 1 fully saturated rings. The van der Waals surface area contributed by atoms with E-state index >= 15 is 0 Å². The third-order valence-corrected chi connectivity index (χ3v) is 4.16. The van der Waals surface area contributed by atoms with Crippen molar-refractivity contribution in [3.63, 3.8) is 0 Å². The highest BCUT2D eigenvalue weighted by molar-refractivity contribution is 6.31. The van der Waals surface area contributed by atoms with Gasteiger partial charge in [-0.1, -0.05) is 17.7 Å². The number of methoxy groups -OCH3 is 1. The van der Waals surface area contributed by atoms with E-state index in [1.165, 1.54) is 0 Å². The maximum atomic E-state index is 12.4. The normalized spacial score (nSPS) is 19.4. The van der Waals surface area contributed by atoms with Crippen molar-refractivity contribution in [1.29, 1.82) is 0 Å². The maximum absolute atomic E-state index is 12.4. The summed E-state index contributed by atoms with van der Waals surface area (Å²) in [6, 6.07) is 5.32. The minimum Gasteiger partial charge on any atom is -0.383 e. The molecule has 1 aliphatic rings. The number of halogens is 1. The Morgan fingerprint density at radius 3 is 2.95 bits per heavy atom. The van der Waals surface area contributed by atoms with Gasteiger partial charge in [-0.3, -0.25) is 9.59 Å². The summed E-state index contributed by atoms with van der Waals surface area (Å²) in [4.78, 5) is 26.1. The van der Waals surface area contributed by atoms with E-state index in [1.54, 1.807) is 24.1 Å². The zero-order chi connectivity index (χ0) is 16.3. The van der Waals surface area contributed by atoms with E-state index in [0.29, 0.717) is 23.9 Å². The largest absolute Gasteiger partial charge is 0.383 e. The minimum absolute atomic E-state index is 0.00693. The fourth-order valence-corrected chi connectivity index (χ4v) is 2.80. The Balaban J connectivity index is 2.02. The number of benzene rings is 1. The first-order valence-electron chi connectivity index (χ1n) is 7.27. The second kappa shape index (κ2) is 7.11. The molecule has 22 heavy (non-hydrogen) atoms. The maximum Gasteiger partial charge on any atom is 0.229 e. The van der Waals surface area contributed by atoms with Crippen LogP contribution in [0.3, 0.4) is 0 Å². The summed E-state index contributed by atoms with van der Waals surface area (Å²) >= 11 is 5.96. The molecule has 1 aromatic rings. The van der Waals surface area contributed by atoms with Crippen molar-refractivity contribution in [2.75, 3.05) is 25.6 Å². The first-order valence-corrected chi connectivity index (χ1v) is 7.65. The number of anilines is 1. The Morgan fingerprint density at radius 1 is 1.55 bits per heavy atom. The summed E-state index contributed by atoms with van der Waals surface area (Å²) in [5.41, 5.74) is 1.63. The van der Waals surface area contributed by atoms with Crippen molar-refractivity contribution >= 4 is 29.1 Å². The number of hydrogen-bond acceptors (Lipinski definition) is 3. The van der Waals surface area contributed by atoms with E-state index in [2.05, 4.69) is 5.32 Å². The van der Waals surface area contributed by atoms with Crippen molar-refractivity contribution in [3.05, 3.63) is 28.8 Å². The molecule has 0 aromatic heterocycles. The number of aryl methyl sites for hydroxylation is 1. The van der Waals surface area contributed by atoms with Gasteiger partial charge in [0, 0.05) is 30.8 Å². The standard InChI is InChI=1S/C16H21ClN2O3/c1-10-4-5-13(17)7-14(10)18-16(21)12-6-15(20)19(8-12)11(2)9-22-3/h4-5,7,11-12H,6,8-9H2,1-3H3,(H,18,21)/t11-,12+/m0/s1. The van der Waals surface area contributed by atoms with E-state index in [4.69, 9.17) is 16.3 Å². The van der Waals surface area contributed by atoms with Gasteiger partial charge in [0.25, 0.3) is 0 Å². The molecule has 2 rings (SSSR count). The van der Waals surface area contributed by atoms with Crippen LogP contribution in [-0.4, -0.2) is 43.0 Å². The number of rotatable bonds is 5. The number of ether oxygens (including phenoxy) is 1. The number of hydrogen-bond donors (Lipinski definition) is 1. The summed E-state index contributed by atoms with van der Waals surface area (Å²) in [5, 5.41) is 3.44. The van der Waals surface area contributed by atoms with E-state index in [-0.39, 0.29) is 30.2 Å². The van der Waals surface area contributed by atoms with Gasteiger partial charge in [0.2, 0.25) is 11.8 Å². The molecule has 1 aliphatic heterocycles. The molecule has 1 N–H and O–H groups in total. The van der Waals surface area contributed by atoms with Gasteiger partial charge in [0.15, 0.2) is 0 Å². The van der Waals surface area contributed by atoms with Gasteiger partial charge in [0.1, 0.15) is 0 Å². The van der Waals surface area contributed by atoms with Gasteiger partial charge in [0.05, 0.1) is 18.6 Å². The fourth-order valence-electron chi connectivity index (χ4n) is 2.63. The average Bonchev–Trinajstić information content (AvgIpc) is 2.85. The van der Waals surface area contributed by atoms with Gasteiger partial charge in [-0.25, -0.2) is 0 Å². The van der Waals surface area contributed by atoms with Crippen molar-refractivity contribution < 1.29 is 14.3 Å². The second-order valence-electron chi connectivity index (χ2n) is 5.70. The number of carbonyl (C=O) groups is 2. The van der Waals surface area contributed by atoms with Crippen LogP contribution in [0.25, 0.3) is 0 Å². The van der Waals surface area contributed by atoms with Crippen LogP contribution in [0.1, 0.15) is 18.9 Å². The number of carbonyl (C=O) groups excluding carboxylic acids is 2. The third kappa shape index (κ3) is 3.78. The Hall–Kier alpha value is -1.59. The van der Waals surface area contributed by atoms with Crippen LogP contribution in [0.5, 0.6) is 0 Å². The smallest absolute Gasteiger partial charge is 0.229 e. The number of likely N-dealkylation sites (tertiary alicyclic amines) is 1. The molecule has 1 heterocycles. The quantitative estimate of drug-likeness (QED) is 0.905. The molecule has 0 radical (unpaired) electrons. The van der Waals surface area contributed by atoms with Crippen LogP contribution >= 0.6 is 11.6 Å². The summed E-state index contributed by atoms with van der Waals surface area (Å²) < 4.78 is 5.08. The van der Waals surface area contributed by atoms with Crippen molar-refractivity contribution in [2.24, 2.45) is 5.92 Å². The lowest BCUT2D eigenvalue weighted by Gasteiger charge is -2.24. The summed E-state index contributed by atoms with van der Waals surface area (Å²) in [5.74, 6) is -0.497. The Morgan fingerprint density at radius 2 is 2.27 bits per heavy atom. The number of nitrogens with one attached hydrogen (secondary N) is 1. The van der Waals surface area contributed by atoms with Gasteiger partial charge in [-0.2, -0.15) is 0 Å². The highest BCUT2D eigenvalue weighted by Gasteiger charge is 2.36. The van der Waals surface area contributed by atoms with E-state index in [0.717, 1.165) is 5.56 Å². The predicted molar refractivity (Wildman–Crippen MR) is 86.0 cm³/mol. The zero-order valence-corrected chi connectivity index (χ0v) is 13.8. The molecule has 5 nitrogen and oxygen atoms in total. The van der Waals surface area contributed by atoms with Gasteiger partial charge in [-0.15, -0.1) is 0 Å². The Kier molecular flexibility index (Phi) is 5.42.